The van der Waals surface area contributed by atoms with Crippen molar-refractivity contribution in [2.75, 3.05) is 13.1 Å². The third kappa shape index (κ3) is 3.74. The van der Waals surface area contributed by atoms with Gasteiger partial charge in [0.2, 0.25) is 0 Å². The molecule has 1 atom stereocenters. The molecule has 16 heavy (non-hydrogen) atoms. The van der Waals surface area contributed by atoms with Crippen LogP contribution in [0.2, 0.25) is 0 Å². The Morgan fingerprint density at radius 3 is 2.56 bits per heavy atom. The van der Waals surface area contributed by atoms with E-state index in [0.717, 1.165) is 18.0 Å². The zero-order valence-corrected chi connectivity index (χ0v) is 10.8. The van der Waals surface area contributed by atoms with Crippen LogP contribution in [-0.2, 0) is 0 Å². The molecule has 2 aliphatic rings. The summed E-state index contributed by atoms with van der Waals surface area (Å²) in [4.78, 5) is 0. The van der Waals surface area contributed by atoms with Crippen LogP contribution in [-0.4, -0.2) is 25.2 Å². The van der Waals surface area contributed by atoms with Crippen molar-refractivity contribution in [3.8, 4) is 0 Å². The molecule has 2 fully saturated rings. The van der Waals surface area contributed by atoms with E-state index in [1.165, 1.54) is 64.5 Å². The fraction of sp³-hybridized carbons (Fsp3) is 1.00. The Bertz CT molecular complexity index is 179. The van der Waals surface area contributed by atoms with Crippen LogP contribution in [0.5, 0.6) is 0 Å². The first-order valence-electron chi connectivity index (χ1n) is 7.35. The maximum atomic E-state index is 3.76. The summed E-state index contributed by atoms with van der Waals surface area (Å²) < 4.78 is 0. The molecule has 2 rings (SSSR count). The van der Waals surface area contributed by atoms with E-state index in [0.29, 0.717) is 0 Å². The highest BCUT2D eigenvalue weighted by Gasteiger charge is 2.21. The standard InChI is InChI=1S/C14H28N2/c1-2-4-12-6-8-13(9-7-12)16-11-14-5-3-10-15-14/h12-16H,2-11H2,1H3. The Kier molecular flexibility index (Phi) is 5.11. The molecule has 2 N–H and O–H groups in total. The summed E-state index contributed by atoms with van der Waals surface area (Å²) in [7, 11) is 0. The van der Waals surface area contributed by atoms with E-state index in [1.54, 1.807) is 0 Å². The number of nitrogens with one attached hydrogen (secondary N) is 2. The van der Waals surface area contributed by atoms with E-state index in [4.69, 9.17) is 0 Å². The molecular weight excluding hydrogens is 196 g/mol. The summed E-state index contributed by atoms with van der Waals surface area (Å²) >= 11 is 0. The zero-order valence-electron chi connectivity index (χ0n) is 10.8. The smallest absolute Gasteiger partial charge is 0.0193 e. The molecule has 1 heterocycles. The van der Waals surface area contributed by atoms with Gasteiger partial charge in [0, 0.05) is 18.6 Å². The molecule has 1 saturated heterocycles. The molecule has 2 nitrogen and oxygen atoms in total. The minimum absolute atomic E-state index is 0.758. The van der Waals surface area contributed by atoms with E-state index in [2.05, 4.69) is 17.6 Å². The highest BCUT2D eigenvalue weighted by molar-refractivity contribution is 4.81. The van der Waals surface area contributed by atoms with Gasteiger partial charge in [0.1, 0.15) is 0 Å². The largest absolute Gasteiger partial charge is 0.313 e. The molecule has 2 heteroatoms. The summed E-state index contributed by atoms with van der Waals surface area (Å²) in [5.41, 5.74) is 0. The van der Waals surface area contributed by atoms with Crippen molar-refractivity contribution in [2.24, 2.45) is 5.92 Å². The van der Waals surface area contributed by atoms with Crippen LogP contribution in [0.25, 0.3) is 0 Å². The van der Waals surface area contributed by atoms with E-state index >= 15 is 0 Å². The SMILES string of the molecule is CCCC1CCC(NCC2CCCN2)CC1. The molecule has 0 aromatic rings. The molecule has 94 valence electrons. The molecule has 0 amide bonds. The summed E-state index contributed by atoms with van der Waals surface area (Å²) in [6.45, 7) is 4.74. The topological polar surface area (TPSA) is 24.1 Å². The Morgan fingerprint density at radius 2 is 1.94 bits per heavy atom. The highest BCUT2D eigenvalue weighted by Crippen LogP contribution is 2.27. The van der Waals surface area contributed by atoms with Crippen LogP contribution in [0.3, 0.4) is 0 Å². The van der Waals surface area contributed by atoms with Crippen LogP contribution < -0.4 is 10.6 Å². The zero-order chi connectivity index (χ0) is 11.2. The van der Waals surface area contributed by atoms with Crippen molar-refractivity contribution >= 4 is 0 Å². The van der Waals surface area contributed by atoms with Crippen LogP contribution >= 0.6 is 0 Å². The average Bonchev–Trinajstić information content (AvgIpc) is 2.82. The predicted molar refractivity (Wildman–Crippen MR) is 69.7 cm³/mol. The van der Waals surface area contributed by atoms with Crippen molar-refractivity contribution in [2.45, 2.75) is 70.4 Å². The van der Waals surface area contributed by atoms with Crippen LogP contribution in [0.1, 0.15) is 58.3 Å². The predicted octanol–water partition coefficient (Wildman–Crippen LogP) is 2.69. The second kappa shape index (κ2) is 6.61. The first-order valence-corrected chi connectivity index (χ1v) is 7.35. The number of hydrogen-bond acceptors (Lipinski definition) is 2. The van der Waals surface area contributed by atoms with Gasteiger partial charge in [-0.1, -0.05) is 19.8 Å². The Morgan fingerprint density at radius 1 is 1.12 bits per heavy atom. The first-order chi connectivity index (χ1) is 7.88. The van der Waals surface area contributed by atoms with Crippen molar-refractivity contribution in [3.05, 3.63) is 0 Å². The minimum Gasteiger partial charge on any atom is -0.313 e. The fourth-order valence-electron chi connectivity index (χ4n) is 3.30. The quantitative estimate of drug-likeness (QED) is 0.750. The van der Waals surface area contributed by atoms with Gasteiger partial charge in [0.15, 0.2) is 0 Å². The van der Waals surface area contributed by atoms with Gasteiger partial charge in [-0.2, -0.15) is 0 Å². The van der Waals surface area contributed by atoms with Crippen molar-refractivity contribution in [3.63, 3.8) is 0 Å². The van der Waals surface area contributed by atoms with E-state index < -0.39 is 0 Å². The molecule has 1 saturated carbocycles. The van der Waals surface area contributed by atoms with E-state index in [-0.39, 0.29) is 0 Å². The van der Waals surface area contributed by atoms with Crippen LogP contribution in [0.4, 0.5) is 0 Å². The lowest BCUT2D eigenvalue weighted by atomic mass is 9.83. The monoisotopic (exact) mass is 224 g/mol. The van der Waals surface area contributed by atoms with Gasteiger partial charge >= 0.3 is 0 Å². The lowest BCUT2D eigenvalue weighted by Gasteiger charge is -2.29. The van der Waals surface area contributed by atoms with Gasteiger partial charge in [-0.15, -0.1) is 0 Å². The molecule has 1 unspecified atom stereocenters. The minimum atomic E-state index is 0.758. The van der Waals surface area contributed by atoms with Crippen molar-refractivity contribution in [1.29, 1.82) is 0 Å². The van der Waals surface area contributed by atoms with Gasteiger partial charge in [-0.3, -0.25) is 0 Å². The van der Waals surface area contributed by atoms with Gasteiger partial charge in [-0.25, -0.2) is 0 Å². The second-order valence-corrected chi connectivity index (χ2v) is 5.71. The Balaban J connectivity index is 1.57. The van der Waals surface area contributed by atoms with Gasteiger partial charge in [0.05, 0.1) is 0 Å². The highest BCUT2D eigenvalue weighted by atomic mass is 15.0. The molecule has 0 aromatic carbocycles. The third-order valence-electron chi connectivity index (χ3n) is 4.36. The third-order valence-corrected chi connectivity index (χ3v) is 4.36. The van der Waals surface area contributed by atoms with Gasteiger partial charge in [-0.05, 0) is 51.0 Å². The van der Waals surface area contributed by atoms with Gasteiger partial charge < -0.3 is 10.6 Å². The molecule has 0 radical (unpaired) electrons. The fourth-order valence-corrected chi connectivity index (χ4v) is 3.30. The van der Waals surface area contributed by atoms with E-state index in [1.807, 2.05) is 0 Å². The maximum Gasteiger partial charge on any atom is 0.0193 e. The van der Waals surface area contributed by atoms with Crippen molar-refractivity contribution in [1.82, 2.24) is 10.6 Å². The number of rotatable bonds is 5. The van der Waals surface area contributed by atoms with E-state index in [9.17, 15) is 0 Å². The molecular formula is C14H28N2. The van der Waals surface area contributed by atoms with Crippen molar-refractivity contribution < 1.29 is 0 Å². The average molecular weight is 224 g/mol. The molecule has 1 aliphatic carbocycles. The Hall–Kier alpha value is -0.0800. The van der Waals surface area contributed by atoms with Gasteiger partial charge in [0.25, 0.3) is 0 Å². The number of hydrogen-bond donors (Lipinski definition) is 2. The van der Waals surface area contributed by atoms with Crippen LogP contribution in [0.15, 0.2) is 0 Å². The summed E-state index contributed by atoms with van der Waals surface area (Å²) in [6, 6.07) is 1.57. The summed E-state index contributed by atoms with van der Waals surface area (Å²) in [6.07, 6.45) is 11.3. The summed E-state index contributed by atoms with van der Waals surface area (Å²) in [5.74, 6) is 1.03. The lowest BCUT2D eigenvalue weighted by molar-refractivity contribution is 0.274. The second-order valence-electron chi connectivity index (χ2n) is 5.71. The molecule has 0 spiro atoms. The molecule has 0 bridgehead atoms. The summed E-state index contributed by atoms with van der Waals surface area (Å²) in [5, 5.41) is 7.33. The maximum absolute atomic E-state index is 3.76. The normalized spacial score (nSPS) is 35.4. The first kappa shape index (κ1) is 12.4. The van der Waals surface area contributed by atoms with Crippen LogP contribution in [0, 0.1) is 5.92 Å². The lowest BCUT2D eigenvalue weighted by Crippen LogP contribution is -2.41. The molecule has 1 aliphatic heterocycles. The Labute approximate surface area is 101 Å². The molecule has 0 aromatic heterocycles.